The normalized spacial score (nSPS) is 10.7. The van der Waals surface area contributed by atoms with Crippen LogP contribution in [0.1, 0.15) is 28.8 Å². The Morgan fingerprint density at radius 1 is 1.32 bits per heavy atom. The van der Waals surface area contributed by atoms with E-state index in [-0.39, 0.29) is 47.8 Å². The van der Waals surface area contributed by atoms with Crippen molar-refractivity contribution in [2.75, 3.05) is 6.61 Å². The van der Waals surface area contributed by atoms with E-state index in [1.165, 1.54) is 22.9 Å². The Labute approximate surface area is 197 Å². The van der Waals surface area contributed by atoms with Crippen molar-refractivity contribution in [2.45, 2.75) is 26.8 Å². The van der Waals surface area contributed by atoms with E-state index in [9.17, 15) is 25.2 Å². The number of carbonyl (C=O) groups excluding carboxylic acids is 1. The number of azo groups is 1. The van der Waals surface area contributed by atoms with E-state index in [1.54, 1.807) is 18.5 Å². The smallest absolute Gasteiger partial charge is 0.330 e. The Balaban J connectivity index is 2.00. The zero-order valence-corrected chi connectivity index (χ0v) is 19.0. The van der Waals surface area contributed by atoms with Crippen LogP contribution in [0.3, 0.4) is 0 Å². The van der Waals surface area contributed by atoms with Gasteiger partial charge in [0.1, 0.15) is 23.3 Å². The molecule has 3 aromatic rings. The summed E-state index contributed by atoms with van der Waals surface area (Å²) < 4.78 is 7.27. The number of nitriles is 2. The van der Waals surface area contributed by atoms with Crippen molar-refractivity contribution in [2.24, 2.45) is 10.2 Å². The lowest BCUT2D eigenvalue weighted by Crippen LogP contribution is -2.22. The molecule has 0 aromatic carbocycles. The number of aromatic hydroxyl groups is 1. The first-order valence-electron chi connectivity index (χ1n) is 9.81. The van der Waals surface area contributed by atoms with E-state index in [2.05, 4.69) is 26.9 Å². The van der Waals surface area contributed by atoms with Gasteiger partial charge in [-0.3, -0.25) is 9.36 Å². The Bertz CT molecular complexity index is 1420. The van der Waals surface area contributed by atoms with Crippen molar-refractivity contribution in [3.05, 3.63) is 57.0 Å². The van der Waals surface area contributed by atoms with Gasteiger partial charge in [0, 0.05) is 29.8 Å². The Morgan fingerprint density at radius 3 is 2.68 bits per heavy atom. The second-order valence-corrected chi connectivity index (χ2v) is 7.66. The predicted molar refractivity (Wildman–Crippen MR) is 120 cm³/mol. The number of thiazole rings is 1. The van der Waals surface area contributed by atoms with E-state index in [0.29, 0.717) is 10.8 Å². The SMILES string of the molecule is C=CC(=O)OCCCn1c(O)c(C#N)c(C)c(N=Nc2nn(-c3nccs3)c(C)c2C#N)c1=O. The highest BCUT2D eigenvalue weighted by molar-refractivity contribution is 7.12. The second kappa shape index (κ2) is 10.3. The van der Waals surface area contributed by atoms with Gasteiger partial charge in [0.05, 0.1) is 12.3 Å². The number of nitrogens with zero attached hydrogens (tertiary/aromatic N) is 8. The summed E-state index contributed by atoms with van der Waals surface area (Å²) >= 11 is 1.32. The van der Waals surface area contributed by atoms with Gasteiger partial charge in [-0.25, -0.2) is 14.5 Å². The van der Waals surface area contributed by atoms with Gasteiger partial charge < -0.3 is 9.84 Å². The average Bonchev–Trinajstić information content (AvgIpc) is 3.46. The summed E-state index contributed by atoms with van der Waals surface area (Å²) in [4.78, 5) is 28.3. The number of esters is 1. The van der Waals surface area contributed by atoms with Crippen molar-refractivity contribution in [1.82, 2.24) is 19.3 Å². The van der Waals surface area contributed by atoms with E-state index in [4.69, 9.17) is 4.74 Å². The molecule has 3 aromatic heterocycles. The number of hydrogen-bond acceptors (Lipinski definition) is 11. The first-order chi connectivity index (χ1) is 16.3. The fraction of sp³-hybridized carbons (Fsp3) is 0.238. The largest absolute Gasteiger partial charge is 0.493 e. The van der Waals surface area contributed by atoms with Crippen LogP contribution in [0.5, 0.6) is 5.88 Å². The molecule has 0 saturated heterocycles. The number of hydrogen-bond donors (Lipinski definition) is 1. The molecule has 0 aliphatic rings. The predicted octanol–water partition coefficient (Wildman–Crippen LogP) is 3.09. The molecule has 0 aliphatic heterocycles. The molecule has 13 heteroatoms. The van der Waals surface area contributed by atoms with Crippen LogP contribution >= 0.6 is 11.3 Å². The minimum Gasteiger partial charge on any atom is -0.493 e. The molecule has 0 radical (unpaired) electrons. The van der Waals surface area contributed by atoms with Gasteiger partial charge in [0.2, 0.25) is 16.8 Å². The molecular weight excluding hydrogens is 460 g/mol. The maximum Gasteiger partial charge on any atom is 0.330 e. The molecule has 0 spiro atoms. The molecule has 0 atom stereocenters. The van der Waals surface area contributed by atoms with Gasteiger partial charge in [0.15, 0.2) is 5.69 Å². The second-order valence-electron chi connectivity index (χ2n) is 6.79. The fourth-order valence-corrected chi connectivity index (χ4v) is 3.65. The highest BCUT2D eigenvalue weighted by atomic mass is 32.1. The van der Waals surface area contributed by atoms with Crippen molar-refractivity contribution in [3.8, 4) is 23.1 Å². The molecular formula is C21H18N8O4S. The third-order valence-corrected chi connectivity index (χ3v) is 5.51. The lowest BCUT2D eigenvalue weighted by Gasteiger charge is -2.12. The van der Waals surface area contributed by atoms with Gasteiger partial charge in [-0.2, -0.15) is 10.5 Å². The summed E-state index contributed by atoms with van der Waals surface area (Å²) in [6, 6.07) is 3.87. The number of carbonyl (C=O) groups is 1. The molecule has 0 bridgehead atoms. The topological polar surface area (TPSA) is 172 Å². The van der Waals surface area contributed by atoms with Crippen LogP contribution in [-0.4, -0.2) is 37.0 Å². The third-order valence-electron chi connectivity index (χ3n) is 4.76. The van der Waals surface area contributed by atoms with Crippen molar-refractivity contribution in [1.29, 1.82) is 10.5 Å². The number of ether oxygens (including phenoxy) is 1. The van der Waals surface area contributed by atoms with Gasteiger partial charge in [0.25, 0.3) is 5.56 Å². The number of aromatic nitrogens is 4. The lowest BCUT2D eigenvalue weighted by molar-refractivity contribution is -0.137. The van der Waals surface area contributed by atoms with Gasteiger partial charge in [-0.1, -0.05) is 6.58 Å². The molecule has 172 valence electrons. The van der Waals surface area contributed by atoms with Gasteiger partial charge in [-0.15, -0.1) is 26.7 Å². The third kappa shape index (κ3) is 4.60. The molecule has 12 nitrogen and oxygen atoms in total. The summed E-state index contributed by atoms with van der Waals surface area (Å²) in [6.07, 6.45) is 2.79. The Kier molecular flexibility index (Phi) is 7.30. The van der Waals surface area contributed by atoms with E-state index >= 15 is 0 Å². The summed E-state index contributed by atoms with van der Waals surface area (Å²) in [5, 5.41) is 44.0. The molecule has 0 fully saturated rings. The fourth-order valence-electron chi connectivity index (χ4n) is 3.01. The van der Waals surface area contributed by atoms with Crippen LogP contribution in [0.4, 0.5) is 11.5 Å². The van der Waals surface area contributed by atoms with Crippen LogP contribution in [0.25, 0.3) is 5.13 Å². The zero-order valence-electron chi connectivity index (χ0n) is 18.2. The lowest BCUT2D eigenvalue weighted by atomic mass is 10.1. The first-order valence-corrected chi connectivity index (χ1v) is 10.7. The first kappa shape index (κ1) is 24.0. The van der Waals surface area contributed by atoms with Gasteiger partial charge in [-0.05, 0) is 20.3 Å². The Hall–Kier alpha value is -4.62. The summed E-state index contributed by atoms with van der Waals surface area (Å²) in [5.41, 5.74) is -0.275. The van der Waals surface area contributed by atoms with Crippen LogP contribution in [0.2, 0.25) is 0 Å². The minimum absolute atomic E-state index is 0.0246. The van der Waals surface area contributed by atoms with Crippen LogP contribution < -0.4 is 5.56 Å². The standard InChI is InChI=1S/C21H18N8O4S/c1-4-16(30)33-8-5-7-28-19(31)14(10-22)12(2)17(20(28)32)25-26-18-15(11-23)13(3)29(27-18)21-24-6-9-34-21/h4,6,9,31H,1,5,7-8H2,2-3H3. The number of pyridine rings is 1. The van der Waals surface area contributed by atoms with Crippen molar-refractivity contribution < 1.29 is 14.6 Å². The molecule has 3 heterocycles. The summed E-state index contributed by atoms with van der Waals surface area (Å²) in [6.45, 7) is 6.35. The van der Waals surface area contributed by atoms with Crippen LogP contribution in [0.15, 0.2) is 39.3 Å². The summed E-state index contributed by atoms with van der Waals surface area (Å²) in [7, 11) is 0. The average molecular weight is 478 g/mol. The van der Waals surface area contributed by atoms with Crippen LogP contribution in [-0.2, 0) is 16.1 Å². The molecule has 0 unspecified atom stereocenters. The highest BCUT2D eigenvalue weighted by Crippen LogP contribution is 2.29. The molecule has 1 N–H and O–H groups in total. The summed E-state index contributed by atoms with van der Waals surface area (Å²) in [5.74, 6) is -1.17. The molecule has 3 rings (SSSR count). The maximum atomic E-state index is 13.0. The quantitative estimate of drug-likeness (QED) is 0.223. The zero-order chi connectivity index (χ0) is 24.8. The van der Waals surface area contributed by atoms with Gasteiger partial charge >= 0.3 is 5.97 Å². The van der Waals surface area contributed by atoms with Crippen molar-refractivity contribution >= 4 is 28.8 Å². The monoisotopic (exact) mass is 478 g/mol. The van der Waals surface area contributed by atoms with Crippen molar-refractivity contribution in [3.63, 3.8) is 0 Å². The Morgan fingerprint density at radius 2 is 2.06 bits per heavy atom. The van der Waals surface area contributed by atoms with E-state index in [1.807, 2.05) is 12.1 Å². The molecule has 0 aliphatic carbocycles. The van der Waals surface area contributed by atoms with E-state index < -0.39 is 17.4 Å². The van der Waals surface area contributed by atoms with Crippen LogP contribution in [0, 0.1) is 36.5 Å². The molecule has 34 heavy (non-hydrogen) atoms. The maximum absolute atomic E-state index is 13.0. The van der Waals surface area contributed by atoms with E-state index in [0.717, 1.165) is 10.6 Å². The number of rotatable bonds is 8. The minimum atomic E-state index is -0.706. The molecule has 0 amide bonds. The highest BCUT2D eigenvalue weighted by Gasteiger charge is 2.21. The molecule has 0 saturated carbocycles.